The number of rotatable bonds is 6. The van der Waals surface area contributed by atoms with Crippen LogP contribution >= 0.6 is 0 Å². The Morgan fingerprint density at radius 3 is 2.39 bits per heavy atom. The second-order valence-electron chi connectivity index (χ2n) is 7.21. The van der Waals surface area contributed by atoms with Crippen LogP contribution in [-0.4, -0.2) is 26.9 Å². The number of nitrogens with zero attached hydrogens (tertiary/aromatic N) is 4. The molecule has 1 heterocycles. The normalized spacial score (nSPS) is 10.8. The minimum absolute atomic E-state index is 0.00816. The van der Waals surface area contributed by atoms with Crippen LogP contribution in [0.5, 0.6) is 0 Å². The van der Waals surface area contributed by atoms with Crippen LogP contribution in [0.4, 0.5) is 16.2 Å². The lowest BCUT2D eigenvalue weighted by Gasteiger charge is -2.03. The maximum absolute atomic E-state index is 12.1. The first-order chi connectivity index (χ1) is 16.0. The third kappa shape index (κ3) is 5.28. The second kappa shape index (κ2) is 9.56. The summed E-state index contributed by atoms with van der Waals surface area (Å²) in [6.45, 7) is 2.00. The predicted molar refractivity (Wildman–Crippen MR) is 127 cm³/mol. The SMILES string of the molecule is Cc1ccc(-n2cc(/C=N/NC(=O)Nc3ccccc3)c(-c3ccc([N+](=O)[O-])cc3)n2)cc1. The first-order valence-electron chi connectivity index (χ1n) is 10.1. The van der Waals surface area contributed by atoms with Crippen LogP contribution in [0.25, 0.3) is 16.9 Å². The van der Waals surface area contributed by atoms with Gasteiger partial charge < -0.3 is 5.32 Å². The summed E-state index contributed by atoms with van der Waals surface area (Å²) in [5.74, 6) is 0. The molecule has 4 rings (SSSR count). The lowest BCUT2D eigenvalue weighted by atomic mass is 10.1. The van der Waals surface area contributed by atoms with Crippen LogP contribution in [0.15, 0.2) is 90.2 Å². The van der Waals surface area contributed by atoms with E-state index in [0.29, 0.717) is 22.5 Å². The fourth-order valence-electron chi connectivity index (χ4n) is 3.12. The molecular weight excluding hydrogens is 420 g/mol. The minimum Gasteiger partial charge on any atom is -0.307 e. The number of carbonyl (C=O) groups is 1. The number of aromatic nitrogens is 2. The Balaban J connectivity index is 1.60. The summed E-state index contributed by atoms with van der Waals surface area (Å²) in [6.07, 6.45) is 3.26. The van der Waals surface area contributed by atoms with Crippen LogP contribution in [0.2, 0.25) is 0 Å². The Hall–Kier alpha value is -4.79. The van der Waals surface area contributed by atoms with E-state index in [4.69, 9.17) is 0 Å². The zero-order valence-corrected chi connectivity index (χ0v) is 17.7. The summed E-state index contributed by atoms with van der Waals surface area (Å²) in [5, 5.41) is 22.4. The zero-order valence-electron chi connectivity index (χ0n) is 17.7. The Morgan fingerprint density at radius 1 is 1.03 bits per heavy atom. The van der Waals surface area contributed by atoms with E-state index in [1.165, 1.54) is 18.3 Å². The average molecular weight is 440 g/mol. The number of urea groups is 1. The van der Waals surface area contributed by atoms with Gasteiger partial charge in [-0.2, -0.15) is 10.2 Å². The molecule has 0 aliphatic carbocycles. The number of carbonyl (C=O) groups excluding carboxylic acids is 1. The number of anilines is 1. The van der Waals surface area contributed by atoms with E-state index in [1.54, 1.807) is 35.1 Å². The van der Waals surface area contributed by atoms with Crippen LogP contribution in [0.1, 0.15) is 11.1 Å². The largest absolute Gasteiger partial charge is 0.339 e. The number of hydrogen-bond donors (Lipinski definition) is 2. The van der Waals surface area contributed by atoms with Crippen LogP contribution in [0.3, 0.4) is 0 Å². The highest BCUT2D eigenvalue weighted by molar-refractivity contribution is 5.92. The van der Waals surface area contributed by atoms with Gasteiger partial charge in [-0.25, -0.2) is 14.9 Å². The molecule has 2 amide bonds. The number of amides is 2. The highest BCUT2D eigenvalue weighted by Gasteiger charge is 2.13. The summed E-state index contributed by atoms with van der Waals surface area (Å²) < 4.78 is 1.70. The number of nitro groups is 1. The van der Waals surface area contributed by atoms with Gasteiger partial charge >= 0.3 is 6.03 Å². The highest BCUT2D eigenvalue weighted by Crippen LogP contribution is 2.25. The molecule has 9 nitrogen and oxygen atoms in total. The number of hydrogen-bond acceptors (Lipinski definition) is 5. The average Bonchev–Trinajstić information content (AvgIpc) is 3.24. The Labute approximate surface area is 189 Å². The summed E-state index contributed by atoms with van der Waals surface area (Å²) in [6, 6.07) is 22.5. The van der Waals surface area contributed by atoms with Gasteiger partial charge in [-0.3, -0.25) is 10.1 Å². The summed E-state index contributed by atoms with van der Waals surface area (Å²) >= 11 is 0. The lowest BCUT2D eigenvalue weighted by Crippen LogP contribution is -2.24. The molecule has 0 unspecified atom stereocenters. The first kappa shape index (κ1) is 21.4. The number of hydrazone groups is 1. The van der Waals surface area contributed by atoms with Crippen molar-refractivity contribution in [3.63, 3.8) is 0 Å². The molecule has 3 aromatic carbocycles. The van der Waals surface area contributed by atoms with E-state index < -0.39 is 11.0 Å². The molecule has 0 saturated heterocycles. The highest BCUT2D eigenvalue weighted by atomic mass is 16.6. The molecule has 0 spiro atoms. The number of nitrogens with one attached hydrogen (secondary N) is 2. The summed E-state index contributed by atoms with van der Waals surface area (Å²) in [5.41, 5.74) is 6.91. The van der Waals surface area contributed by atoms with E-state index in [-0.39, 0.29) is 5.69 Å². The monoisotopic (exact) mass is 440 g/mol. The van der Waals surface area contributed by atoms with Crippen molar-refractivity contribution in [1.29, 1.82) is 0 Å². The smallest absolute Gasteiger partial charge is 0.307 e. The van der Waals surface area contributed by atoms with Crippen molar-refractivity contribution in [3.8, 4) is 16.9 Å². The van der Waals surface area contributed by atoms with Gasteiger partial charge in [-0.1, -0.05) is 35.9 Å². The van der Waals surface area contributed by atoms with E-state index >= 15 is 0 Å². The van der Waals surface area contributed by atoms with Gasteiger partial charge in [-0.05, 0) is 43.3 Å². The fourth-order valence-corrected chi connectivity index (χ4v) is 3.12. The topological polar surface area (TPSA) is 114 Å². The fraction of sp³-hybridized carbons (Fsp3) is 0.0417. The number of non-ortho nitro benzene ring substituents is 1. The molecule has 9 heteroatoms. The number of aryl methyl sites for hydroxylation is 1. The molecule has 0 saturated carbocycles. The maximum atomic E-state index is 12.1. The van der Waals surface area contributed by atoms with Crippen molar-refractivity contribution in [2.24, 2.45) is 5.10 Å². The second-order valence-corrected chi connectivity index (χ2v) is 7.21. The van der Waals surface area contributed by atoms with Crippen LogP contribution < -0.4 is 10.7 Å². The van der Waals surface area contributed by atoms with Crippen molar-refractivity contribution in [2.45, 2.75) is 6.92 Å². The number of nitro benzene ring substituents is 1. The van der Waals surface area contributed by atoms with Gasteiger partial charge in [0.15, 0.2) is 0 Å². The molecule has 33 heavy (non-hydrogen) atoms. The summed E-state index contributed by atoms with van der Waals surface area (Å²) in [7, 11) is 0. The molecular formula is C24H20N6O3. The Bertz CT molecular complexity index is 1300. The molecule has 4 aromatic rings. The zero-order chi connectivity index (χ0) is 23.2. The standard InChI is InChI=1S/C24H20N6O3/c1-17-7-11-21(12-8-17)29-16-19(15-25-27-24(31)26-20-5-3-2-4-6-20)23(28-29)18-9-13-22(14-10-18)30(32)33/h2-16H,1H3,(H2,26,27,31)/b25-15+. The van der Waals surface area contributed by atoms with E-state index in [9.17, 15) is 14.9 Å². The van der Waals surface area contributed by atoms with Crippen LogP contribution in [-0.2, 0) is 0 Å². The third-order valence-corrected chi connectivity index (χ3v) is 4.79. The molecule has 0 aliphatic rings. The van der Waals surface area contributed by atoms with Gasteiger partial charge in [0, 0.05) is 35.1 Å². The van der Waals surface area contributed by atoms with Crippen molar-refractivity contribution < 1.29 is 9.72 Å². The van der Waals surface area contributed by atoms with E-state index in [0.717, 1.165) is 11.3 Å². The predicted octanol–water partition coefficient (Wildman–Crippen LogP) is 4.91. The molecule has 0 radical (unpaired) electrons. The van der Waals surface area contributed by atoms with Crippen molar-refractivity contribution in [2.75, 3.05) is 5.32 Å². The van der Waals surface area contributed by atoms with Crippen molar-refractivity contribution in [1.82, 2.24) is 15.2 Å². The van der Waals surface area contributed by atoms with Crippen molar-refractivity contribution >= 4 is 23.6 Å². The van der Waals surface area contributed by atoms with Crippen LogP contribution in [0, 0.1) is 17.0 Å². The van der Waals surface area contributed by atoms with Gasteiger partial charge in [-0.15, -0.1) is 0 Å². The van der Waals surface area contributed by atoms with E-state index in [2.05, 4.69) is 20.9 Å². The number of para-hydroxylation sites is 1. The van der Waals surface area contributed by atoms with Gasteiger partial charge in [0.05, 0.1) is 16.8 Å². The Morgan fingerprint density at radius 2 is 1.73 bits per heavy atom. The first-order valence-corrected chi connectivity index (χ1v) is 10.1. The lowest BCUT2D eigenvalue weighted by molar-refractivity contribution is -0.384. The summed E-state index contributed by atoms with van der Waals surface area (Å²) in [4.78, 5) is 22.6. The molecule has 2 N–H and O–H groups in total. The maximum Gasteiger partial charge on any atom is 0.339 e. The Kier molecular flexibility index (Phi) is 6.21. The molecule has 0 fully saturated rings. The quantitative estimate of drug-likeness (QED) is 0.252. The molecule has 0 atom stereocenters. The minimum atomic E-state index is -0.486. The molecule has 164 valence electrons. The van der Waals surface area contributed by atoms with Gasteiger partial charge in [0.2, 0.25) is 0 Å². The molecule has 0 bridgehead atoms. The molecule has 0 aliphatic heterocycles. The van der Waals surface area contributed by atoms with E-state index in [1.807, 2.05) is 49.4 Å². The van der Waals surface area contributed by atoms with Gasteiger partial charge in [0.25, 0.3) is 5.69 Å². The van der Waals surface area contributed by atoms with Crippen molar-refractivity contribution in [3.05, 3.63) is 106 Å². The number of benzene rings is 3. The van der Waals surface area contributed by atoms with Gasteiger partial charge in [0.1, 0.15) is 5.69 Å². The molecule has 1 aromatic heterocycles. The third-order valence-electron chi connectivity index (χ3n) is 4.79.